The quantitative estimate of drug-likeness (QED) is 0.443. The third kappa shape index (κ3) is 6.30. The number of carbonyl (C=O) groups is 2. The van der Waals surface area contributed by atoms with Crippen LogP contribution in [-0.2, 0) is 22.3 Å². The number of halogens is 3. The van der Waals surface area contributed by atoms with Crippen LogP contribution in [0.2, 0.25) is 0 Å². The normalized spacial score (nSPS) is 17.1. The number of thioether (sulfide) groups is 1. The second-order valence-electron chi connectivity index (χ2n) is 8.08. The molecule has 0 radical (unpaired) electrons. The summed E-state index contributed by atoms with van der Waals surface area (Å²) in [6, 6.07) is 21.3. The molecule has 1 fully saturated rings. The molecule has 1 N–H and O–H groups in total. The topological polar surface area (TPSA) is 61.8 Å². The predicted octanol–water partition coefficient (Wildman–Crippen LogP) is 6.17. The molecule has 1 heterocycles. The van der Waals surface area contributed by atoms with Crippen molar-refractivity contribution in [3.8, 4) is 0 Å². The van der Waals surface area contributed by atoms with E-state index in [1.807, 2.05) is 61.5 Å². The lowest BCUT2D eigenvalue weighted by atomic mass is 10.1. The summed E-state index contributed by atoms with van der Waals surface area (Å²) >= 11 is 1.18. The number of hydrogen-bond donors (Lipinski definition) is 1. The van der Waals surface area contributed by atoms with Gasteiger partial charge in [-0.2, -0.15) is 13.2 Å². The average molecular weight is 498 g/mol. The number of amides is 2. The summed E-state index contributed by atoms with van der Waals surface area (Å²) in [6.07, 6.45) is -4.71. The molecule has 180 valence electrons. The molecular formula is C26H22F3N3O2S. The minimum Gasteiger partial charge on any atom is -0.326 e. The summed E-state index contributed by atoms with van der Waals surface area (Å²) in [4.78, 5) is 32.0. The van der Waals surface area contributed by atoms with Gasteiger partial charge in [-0.1, -0.05) is 65.9 Å². The molecule has 1 saturated heterocycles. The van der Waals surface area contributed by atoms with E-state index in [9.17, 15) is 22.8 Å². The fourth-order valence-corrected chi connectivity index (χ4v) is 4.67. The van der Waals surface area contributed by atoms with Gasteiger partial charge in [0.2, 0.25) is 11.8 Å². The molecule has 0 aromatic heterocycles. The SMILES string of the molecule is Cc1ccc(CN2C(=O)C(CC(=O)Nc3cccc(C(F)(F)F)c3)SC2=Nc2ccccc2)cc1. The lowest BCUT2D eigenvalue weighted by molar-refractivity contribution is -0.137. The molecule has 0 saturated carbocycles. The third-order valence-electron chi connectivity index (χ3n) is 5.31. The van der Waals surface area contributed by atoms with Crippen molar-refractivity contribution in [1.29, 1.82) is 0 Å². The maximum absolute atomic E-state index is 13.2. The van der Waals surface area contributed by atoms with Crippen LogP contribution < -0.4 is 5.32 Å². The van der Waals surface area contributed by atoms with Gasteiger partial charge >= 0.3 is 6.18 Å². The van der Waals surface area contributed by atoms with Gasteiger partial charge in [0.05, 0.1) is 17.8 Å². The largest absolute Gasteiger partial charge is 0.416 e. The fourth-order valence-electron chi connectivity index (χ4n) is 3.51. The van der Waals surface area contributed by atoms with E-state index in [1.165, 1.54) is 23.9 Å². The van der Waals surface area contributed by atoms with Crippen molar-refractivity contribution in [2.45, 2.75) is 31.3 Å². The molecule has 4 rings (SSSR count). The number of aliphatic imine (C=N–C) groups is 1. The van der Waals surface area contributed by atoms with Crippen LogP contribution in [0.5, 0.6) is 0 Å². The zero-order valence-electron chi connectivity index (χ0n) is 18.8. The van der Waals surface area contributed by atoms with Crippen molar-refractivity contribution in [3.05, 3.63) is 95.6 Å². The van der Waals surface area contributed by atoms with Gasteiger partial charge in [-0.3, -0.25) is 14.5 Å². The van der Waals surface area contributed by atoms with E-state index in [4.69, 9.17) is 0 Å². The fraction of sp³-hybridized carbons (Fsp3) is 0.192. The van der Waals surface area contributed by atoms with E-state index in [0.717, 1.165) is 23.3 Å². The number of carbonyl (C=O) groups excluding carboxylic acids is 2. The summed E-state index contributed by atoms with van der Waals surface area (Å²) in [5.74, 6) is -0.823. The molecule has 1 atom stereocenters. The van der Waals surface area contributed by atoms with Crippen molar-refractivity contribution in [3.63, 3.8) is 0 Å². The second kappa shape index (κ2) is 10.4. The molecule has 1 unspecified atom stereocenters. The summed E-state index contributed by atoms with van der Waals surface area (Å²) in [5, 5.41) is 2.20. The molecule has 1 aliphatic heterocycles. The van der Waals surface area contributed by atoms with Gasteiger partial charge in [-0.05, 0) is 42.8 Å². The van der Waals surface area contributed by atoms with Gasteiger partial charge in [0.1, 0.15) is 5.25 Å². The van der Waals surface area contributed by atoms with Gasteiger partial charge in [0.15, 0.2) is 5.17 Å². The first-order valence-electron chi connectivity index (χ1n) is 10.8. The number of hydrogen-bond acceptors (Lipinski definition) is 4. The number of para-hydroxylation sites is 1. The molecule has 3 aromatic carbocycles. The van der Waals surface area contributed by atoms with E-state index < -0.39 is 22.9 Å². The number of anilines is 1. The minimum atomic E-state index is -4.52. The van der Waals surface area contributed by atoms with Crippen LogP contribution in [0.4, 0.5) is 24.5 Å². The highest BCUT2D eigenvalue weighted by atomic mass is 32.2. The van der Waals surface area contributed by atoms with E-state index in [2.05, 4.69) is 10.3 Å². The Bertz CT molecular complexity index is 1240. The summed E-state index contributed by atoms with van der Waals surface area (Å²) < 4.78 is 38.9. The van der Waals surface area contributed by atoms with Gasteiger partial charge in [-0.15, -0.1) is 0 Å². The van der Waals surface area contributed by atoms with Crippen molar-refractivity contribution >= 4 is 40.1 Å². The average Bonchev–Trinajstić information content (AvgIpc) is 3.09. The van der Waals surface area contributed by atoms with E-state index in [1.54, 1.807) is 4.90 Å². The Kier molecular flexibility index (Phi) is 7.25. The van der Waals surface area contributed by atoms with Crippen LogP contribution in [0.15, 0.2) is 83.9 Å². The molecule has 3 aromatic rings. The molecule has 0 bridgehead atoms. The lowest BCUT2D eigenvalue weighted by Gasteiger charge is -2.17. The summed E-state index contributed by atoms with van der Waals surface area (Å²) in [5.41, 5.74) is 1.85. The first-order chi connectivity index (χ1) is 16.7. The molecule has 2 amide bonds. The van der Waals surface area contributed by atoms with Gasteiger partial charge in [0.25, 0.3) is 0 Å². The number of aryl methyl sites for hydroxylation is 1. The van der Waals surface area contributed by atoms with Crippen molar-refractivity contribution in [1.82, 2.24) is 4.90 Å². The maximum Gasteiger partial charge on any atom is 0.416 e. The summed E-state index contributed by atoms with van der Waals surface area (Å²) in [6.45, 7) is 2.27. The maximum atomic E-state index is 13.2. The lowest BCUT2D eigenvalue weighted by Crippen LogP contribution is -2.33. The number of amidine groups is 1. The van der Waals surface area contributed by atoms with Crippen molar-refractivity contribution in [2.75, 3.05) is 5.32 Å². The van der Waals surface area contributed by atoms with E-state index in [0.29, 0.717) is 17.4 Å². The summed E-state index contributed by atoms with van der Waals surface area (Å²) in [7, 11) is 0. The van der Waals surface area contributed by atoms with Crippen LogP contribution in [0.3, 0.4) is 0 Å². The van der Waals surface area contributed by atoms with Crippen molar-refractivity contribution < 1.29 is 22.8 Å². The number of nitrogens with zero attached hydrogens (tertiary/aromatic N) is 2. The standard InChI is InChI=1S/C26H22F3N3O2S/c1-17-10-12-18(13-11-17)16-32-24(34)22(35-25(32)31-20-7-3-2-4-8-20)15-23(33)30-21-9-5-6-19(14-21)26(27,28)29/h2-14,22H,15-16H2,1H3,(H,30,33). The first kappa shape index (κ1) is 24.5. The van der Waals surface area contributed by atoms with Crippen LogP contribution in [0.25, 0.3) is 0 Å². The van der Waals surface area contributed by atoms with E-state index >= 15 is 0 Å². The van der Waals surface area contributed by atoms with Crippen molar-refractivity contribution in [2.24, 2.45) is 4.99 Å². The molecular weight excluding hydrogens is 475 g/mol. The molecule has 1 aliphatic rings. The van der Waals surface area contributed by atoms with Crippen LogP contribution >= 0.6 is 11.8 Å². The highest BCUT2D eigenvalue weighted by Crippen LogP contribution is 2.34. The smallest absolute Gasteiger partial charge is 0.326 e. The van der Waals surface area contributed by atoms with Gasteiger partial charge < -0.3 is 5.32 Å². The monoisotopic (exact) mass is 497 g/mol. The Labute approximate surface area is 205 Å². The third-order valence-corrected chi connectivity index (χ3v) is 6.48. The number of alkyl halides is 3. The number of nitrogens with one attached hydrogen (secondary N) is 1. The predicted molar refractivity (Wildman–Crippen MR) is 131 cm³/mol. The highest BCUT2D eigenvalue weighted by molar-refractivity contribution is 8.15. The Hall–Kier alpha value is -3.59. The zero-order chi connectivity index (χ0) is 25.0. The van der Waals surface area contributed by atoms with Gasteiger partial charge in [0, 0.05) is 12.1 Å². The Morgan fingerprint density at radius 1 is 1.03 bits per heavy atom. The minimum absolute atomic E-state index is 0.0231. The molecule has 0 aliphatic carbocycles. The van der Waals surface area contributed by atoms with Crippen LogP contribution in [0, 0.1) is 6.92 Å². The number of rotatable bonds is 6. The Morgan fingerprint density at radius 2 is 1.74 bits per heavy atom. The molecule has 9 heteroatoms. The zero-order valence-corrected chi connectivity index (χ0v) is 19.6. The van der Waals surface area contributed by atoms with Crippen LogP contribution in [0.1, 0.15) is 23.1 Å². The Morgan fingerprint density at radius 3 is 2.43 bits per heavy atom. The first-order valence-corrected chi connectivity index (χ1v) is 11.7. The van der Waals surface area contributed by atoms with E-state index in [-0.39, 0.29) is 18.0 Å². The highest BCUT2D eigenvalue weighted by Gasteiger charge is 2.39. The number of benzene rings is 3. The second-order valence-corrected chi connectivity index (χ2v) is 9.25. The van der Waals surface area contributed by atoms with Gasteiger partial charge in [-0.25, -0.2) is 4.99 Å². The molecule has 5 nitrogen and oxygen atoms in total. The molecule has 0 spiro atoms. The van der Waals surface area contributed by atoms with Crippen LogP contribution in [-0.4, -0.2) is 27.1 Å². The molecule has 35 heavy (non-hydrogen) atoms. The Balaban J connectivity index is 1.52.